The minimum Gasteiger partial charge on any atom is -0.341 e. The van der Waals surface area contributed by atoms with Gasteiger partial charge in [0.25, 0.3) is 0 Å². The second kappa shape index (κ2) is 8.06. The maximum Gasteiger partial charge on any atom is 0.227 e. The van der Waals surface area contributed by atoms with Gasteiger partial charge in [0.15, 0.2) is 0 Å². The molecule has 126 valence electrons. The Bertz CT molecular complexity index is 644. The third-order valence-electron chi connectivity index (χ3n) is 4.62. The van der Waals surface area contributed by atoms with Gasteiger partial charge in [0, 0.05) is 39.1 Å². The van der Waals surface area contributed by atoms with Crippen molar-refractivity contribution in [1.82, 2.24) is 14.8 Å². The van der Waals surface area contributed by atoms with Crippen molar-refractivity contribution in [2.75, 3.05) is 20.1 Å². The average Bonchev–Trinajstić information content (AvgIpc) is 2.63. The van der Waals surface area contributed by atoms with E-state index in [-0.39, 0.29) is 11.8 Å². The van der Waals surface area contributed by atoms with Crippen molar-refractivity contribution in [2.24, 2.45) is 5.92 Å². The van der Waals surface area contributed by atoms with Crippen LogP contribution in [0.3, 0.4) is 0 Å². The van der Waals surface area contributed by atoms with Gasteiger partial charge in [-0.25, -0.2) is 0 Å². The summed E-state index contributed by atoms with van der Waals surface area (Å²) in [4.78, 5) is 21.2. The Balaban J connectivity index is 1.56. The maximum atomic E-state index is 12.8. The number of aromatic nitrogens is 1. The monoisotopic (exact) mass is 323 g/mol. The summed E-state index contributed by atoms with van der Waals surface area (Å²) in [7, 11) is 1.91. The standard InChI is InChI=1S/C20H25N3O/c1-22(14-17-7-3-2-4-8-17)20(24)19-10-6-12-23(16-19)15-18-9-5-11-21-13-18/h2-5,7-9,11,13,19H,6,10,12,14-16H2,1H3/t19-/m1/s1. The summed E-state index contributed by atoms with van der Waals surface area (Å²) in [5.74, 6) is 0.360. The number of hydrogen-bond acceptors (Lipinski definition) is 3. The molecule has 1 fully saturated rings. The lowest BCUT2D eigenvalue weighted by Crippen LogP contribution is -2.43. The van der Waals surface area contributed by atoms with E-state index >= 15 is 0 Å². The first kappa shape index (κ1) is 16.7. The van der Waals surface area contributed by atoms with Crippen LogP contribution in [0.5, 0.6) is 0 Å². The number of amides is 1. The van der Waals surface area contributed by atoms with Crippen molar-refractivity contribution in [3.63, 3.8) is 0 Å². The van der Waals surface area contributed by atoms with Crippen LogP contribution in [0, 0.1) is 5.92 Å². The number of piperidine rings is 1. The summed E-state index contributed by atoms with van der Waals surface area (Å²) in [5.41, 5.74) is 2.39. The molecule has 0 radical (unpaired) electrons. The van der Waals surface area contributed by atoms with Crippen molar-refractivity contribution >= 4 is 5.91 Å². The van der Waals surface area contributed by atoms with Crippen molar-refractivity contribution in [1.29, 1.82) is 0 Å². The summed E-state index contributed by atoms with van der Waals surface area (Å²) < 4.78 is 0. The van der Waals surface area contributed by atoms with Crippen LogP contribution in [-0.2, 0) is 17.9 Å². The van der Waals surface area contributed by atoms with Gasteiger partial charge in [-0.3, -0.25) is 14.7 Å². The number of pyridine rings is 1. The molecule has 1 aliphatic rings. The zero-order valence-corrected chi connectivity index (χ0v) is 14.3. The van der Waals surface area contributed by atoms with Crippen LogP contribution in [-0.4, -0.2) is 40.8 Å². The topological polar surface area (TPSA) is 36.4 Å². The molecule has 1 amide bonds. The molecule has 0 spiro atoms. The molecule has 0 unspecified atom stereocenters. The van der Waals surface area contributed by atoms with E-state index in [1.165, 1.54) is 11.1 Å². The molecule has 0 bridgehead atoms. The SMILES string of the molecule is CN(Cc1ccccc1)C(=O)[C@@H]1CCCN(Cc2cccnc2)C1. The summed E-state index contributed by atoms with van der Waals surface area (Å²) >= 11 is 0. The van der Waals surface area contributed by atoms with Gasteiger partial charge in [0.05, 0.1) is 5.92 Å². The molecule has 3 rings (SSSR count). The Morgan fingerprint density at radius 3 is 2.75 bits per heavy atom. The van der Waals surface area contributed by atoms with E-state index in [9.17, 15) is 4.79 Å². The number of carbonyl (C=O) groups is 1. The lowest BCUT2D eigenvalue weighted by molar-refractivity contribution is -0.136. The molecule has 2 heterocycles. The molecular formula is C20H25N3O. The van der Waals surface area contributed by atoms with Crippen LogP contribution in [0.1, 0.15) is 24.0 Å². The third-order valence-corrected chi connectivity index (χ3v) is 4.62. The lowest BCUT2D eigenvalue weighted by atomic mass is 9.96. The Hall–Kier alpha value is -2.20. The molecule has 4 heteroatoms. The maximum absolute atomic E-state index is 12.8. The van der Waals surface area contributed by atoms with E-state index in [0.29, 0.717) is 6.54 Å². The van der Waals surface area contributed by atoms with Gasteiger partial charge in [-0.2, -0.15) is 0 Å². The molecule has 24 heavy (non-hydrogen) atoms. The smallest absolute Gasteiger partial charge is 0.227 e. The molecule has 0 aliphatic carbocycles. The van der Waals surface area contributed by atoms with Gasteiger partial charge in [0.1, 0.15) is 0 Å². The zero-order chi connectivity index (χ0) is 16.8. The molecule has 4 nitrogen and oxygen atoms in total. The van der Waals surface area contributed by atoms with E-state index in [4.69, 9.17) is 0 Å². The van der Waals surface area contributed by atoms with Crippen LogP contribution in [0.15, 0.2) is 54.9 Å². The Labute approximate surface area is 144 Å². The van der Waals surface area contributed by atoms with Gasteiger partial charge in [-0.15, -0.1) is 0 Å². The summed E-state index contributed by atoms with van der Waals surface area (Å²) in [6, 6.07) is 14.2. The fraction of sp³-hybridized carbons (Fsp3) is 0.400. The highest BCUT2D eigenvalue weighted by molar-refractivity contribution is 5.78. The zero-order valence-electron chi connectivity index (χ0n) is 14.3. The summed E-state index contributed by atoms with van der Waals surface area (Å²) in [5, 5.41) is 0. The Kier molecular flexibility index (Phi) is 5.59. The van der Waals surface area contributed by atoms with Gasteiger partial charge in [-0.05, 0) is 36.6 Å². The fourth-order valence-corrected chi connectivity index (χ4v) is 3.40. The number of rotatable bonds is 5. The largest absolute Gasteiger partial charge is 0.341 e. The molecule has 0 saturated carbocycles. The number of benzene rings is 1. The Morgan fingerprint density at radius 1 is 1.21 bits per heavy atom. The number of hydrogen-bond donors (Lipinski definition) is 0. The van der Waals surface area contributed by atoms with Crippen LogP contribution < -0.4 is 0 Å². The third kappa shape index (κ3) is 4.42. The Morgan fingerprint density at radius 2 is 2.00 bits per heavy atom. The van der Waals surface area contributed by atoms with Gasteiger partial charge in [0.2, 0.25) is 5.91 Å². The highest BCUT2D eigenvalue weighted by Gasteiger charge is 2.27. The van der Waals surface area contributed by atoms with Gasteiger partial charge in [-0.1, -0.05) is 36.4 Å². The minimum atomic E-state index is 0.101. The van der Waals surface area contributed by atoms with E-state index in [0.717, 1.165) is 32.5 Å². The predicted molar refractivity (Wildman–Crippen MR) is 95.2 cm³/mol. The van der Waals surface area contributed by atoms with Crippen molar-refractivity contribution in [3.8, 4) is 0 Å². The minimum absolute atomic E-state index is 0.101. The van der Waals surface area contributed by atoms with Gasteiger partial charge >= 0.3 is 0 Å². The first-order valence-corrected chi connectivity index (χ1v) is 8.62. The van der Waals surface area contributed by atoms with Crippen molar-refractivity contribution in [2.45, 2.75) is 25.9 Å². The highest BCUT2D eigenvalue weighted by atomic mass is 16.2. The normalized spacial score (nSPS) is 18.3. The first-order chi connectivity index (χ1) is 11.7. The van der Waals surface area contributed by atoms with Crippen molar-refractivity contribution in [3.05, 3.63) is 66.0 Å². The van der Waals surface area contributed by atoms with Gasteiger partial charge < -0.3 is 4.90 Å². The van der Waals surface area contributed by atoms with Crippen LogP contribution in [0.2, 0.25) is 0 Å². The number of carbonyl (C=O) groups excluding carboxylic acids is 1. The molecule has 1 atom stereocenters. The lowest BCUT2D eigenvalue weighted by Gasteiger charge is -2.34. The van der Waals surface area contributed by atoms with Crippen LogP contribution in [0.25, 0.3) is 0 Å². The second-order valence-electron chi connectivity index (χ2n) is 6.62. The average molecular weight is 323 g/mol. The first-order valence-electron chi connectivity index (χ1n) is 8.62. The number of likely N-dealkylation sites (tertiary alicyclic amines) is 1. The highest BCUT2D eigenvalue weighted by Crippen LogP contribution is 2.21. The number of nitrogens with zero attached hydrogens (tertiary/aromatic N) is 3. The van der Waals surface area contributed by atoms with E-state index in [2.05, 4.69) is 28.1 Å². The molecule has 0 N–H and O–H groups in total. The fourth-order valence-electron chi connectivity index (χ4n) is 3.40. The van der Waals surface area contributed by atoms with E-state index in [1.807, 2.05) is 42.4 Å². The summed E-state index contributed by atoms with van der Waals surface area (Å²) in [6.07, 6.45) is 5.77. The quantitative estimate of drug-likeness (QED) is 0.849. The van der Waals surface area contributed by atoms with Crippen LogP contribution >= 0.6 is 0 Å². The van der Waals surface area contributed by atoms with E-state index < -0.39 is 0 Å². The summed E-state index contributed by atoms with van der Waals surface area (Å²) in [6.45, 7) is 3.45. The molecule has 2 aromatic rings. The molecule has 1 aliphatic heterocycles. The van der Waals surface area contributed by atoms with E-state index in [1.54, 1.807) is 6.20 Å². The molecule has 1 aromatic heterocycles. The second-order valence-corrected chi connectivity index (χ2v) is 6.62. The van der Waals surface area contributed by atoms with Crippen LogP contribution in [0.4, 0.5) is 0 Å². The molecule has 1 aromatic carbocycles. The molecule has 1 saturated heterocycles. The predicted octanol–water partition coefficient (Wildman–Crippen LogP) is 2.95. The van der Waals surface area contributed by atoms with Crippen molar-refractivity contribution < 1.29 is 4.79 Å². The molecular weight excluding hydrogens is 298 g/mol.